The number of aryl methyl sites for hydroxylation is 1. The van der Waals surface area contributed by atoms with Crippen molar-refractivity contribution in [1.29, 1.82) is 0 Å². The molecule has 1 N–H and O–H groups in total. The molecule has 1 aromatic heterocycles. The molecular formula is C30H31N3O3. The summed E-state index contributed by atoms with van der Waals surface area (Å²) in [5.41, 5.74) is 5.25. The normalized spacial score (nSPS) is 14.2. The Balaban J connectivity index is 1.13. The van der Waals surface area contributed by atoms with Crippen LogP contribution in [0, 0.1) is 5.92 Å². The van der Waals surface area contributed by atoms with Crippen molar-refractivity contribution in [3.8, 4) is 11.5 Å². The van der Waals surface area contributed by atoms with Crippen molar-refractivity contribution in [2.24, 2.45) is 5.92 Å². The van der Waals surface area contributed by atoms with Crippen molar-refractivity contribution < 1.29 is 14.0 Å². The Bertz CT molecular complexity index is 1340. The minimum Gasteiger partial charge on any atom is -0.436 e. The zero-order chi connectivity index (χ0) is 24.9. The van der Waals surface area contributed by atoms with Crippen molar-refractivity contribution in [3.63, 3.8) is 0 Å². The highest BCUT2D eigenvalue weighted by atomic mass is 16.3. The largest absolute Gasteiger partial charge is 0.436 e. The lowest BCUT2D eigenvalue weighted by molar-refractivity contribution is -0.122. The molecule has 1 saturated heterocycles. The Morgan fingerprint density at radius 1 is 0.972 bits per heavy atom. The molecule has 6 heteroatoms. The van der Waals surface area contributed by atoms with Crippen LogP contribution in [0.2, 0.25) is 0 Å². The Labute approximate surface area is 211 Å². The minimum absolute atomic E-state index is 0.00649. The molecular weight excluding hydrogens is 450 g/mol. The SMILES string of the molecule is CCc1ccc(CNC(=O)CC2CCN(C(=O)c3ccc4nc(-c5ccccc5)oc4c3)CC2)cc1. The monoisotopic (exact) mass is 481 g/mol. The maximum Gasteiger partial charge on any atom is 0.253 e. The summed E-state index contributed by atoms with van der Waals surface area (Å²) in [6.07, 6.45) is 3.17. The fourth-order valence-corrected chi connectivity index (χ4v) is 4.71. The number of carbonyl (C=O) groups excluding carboxylic acids is 2. The average molecular weight is 482 g/mol. The molecule has 0 spiro atoms. The average Bonchev–Trinajstić information content (AvgIpc) is 3.36. The number of nitrogens with zero attached hydrogens (tertiary/aromatic N) is 2. The van der Waals surface area contributed by atoms with E-state index in [1.54, 1.807) is 6.07 Å². The molecule has 1 fully saturated rings. The first kappa shape index (κ1) is 23.8. The standard InChI is InChI=1S/C30H31N3O3/c1-2-21-8-10-23(11-9-21)20-31-28(34)18-22-14-16-33(17-15-22)30(35)25-12-13-26-27(19-25)36-29(32-26)24-6-4-3-5-7-24/h3-13,19,22H,2,14-18,20H2,1H3,(H,31,34). The highest BCUT2D eigenvalue weighted by molar-refractivity contribution is 5.97. The Hall–Kier alpha value is -3.93. The van der Waals surface area contributed by atoms with Crippen LogP contribution in [0.3, 0.4) is 0 Å². The lowest BCUT2D eigenvalue weighted by Crippen LogP contribution is -2.39. The fourth-order valence-electron chi connectivity index (χ4n) is 4.71. The van der Waals surface area contributed by atoms with Crippen LogP contribution in [0.4, 0.5) is 0 Å². The number of carbonyl (C=O) groups is 2. The summed E-state index contributed by atoms with van der Waals surface area (Å²) in [5.74, 6) is 0.909. The van der Waals surface area contributed by atoms with E-state index in [4.69, 9.17) is 4.42 Å². The first-order chi connectivity index (χ1) is 17.6. The number of hydrogen-bond acceptors (Lipinski definition) is 4. The number of fused-ring (bicyclic) bond motifs is 1. The molecule has 6 nitrogen and oxygen atoms in total. The van der Waals surface area contributed by atoms with Gasteiger partial charge >= 0.3 is 0 Å². The number of nitrogens with one attached hydrogen (secondary N) is 1. The van der Waals surface area contributed by atoms with Gasteiger partial charge in [-0.1, -0.05) is 49.4 Å². The van der Waals surface area contributed by atoms with Crippen LogP contribution >= 0.6 is 0 Å². The summed E-state index contributed by atoms with van der Waals surface area (Å²) < 4.78 is 5.93. The van der Waals surface area contributed by atoms with Crippen molar-refractivity contribution in [2.75, 3.05) is 13.1 Å². The van der Waals surface area contributed by atoms with E-state index in [9.17, 15) is 9.59 Å². The highest BCUT2D eigenvalue weighted by Gasteiger charge is 2.25. The quantitative estimate of drug-likeness (QED) is 0.372. The van der Waals surface area contributed by atoms with Gasteiger partial charge < -0.3 is 14.6 Å². The van der Waals surface area contributed by atoms with E-state index in [1.165, 1.54) is 5.56 Å². The molecule has 3 aromatic carbocycles. The zero-order valence-electron chi connectivity index (χ0n) is 20.6. The van der Waals surface area contributed by atoms with Crippen LogP contribution in [0.25, 0.3) is 22.6 Å². The predicted molar refractivity (Wildman–Crippen MR) is 140 cm³/mol. The molecule has 1 aliphatic rings. The van der Waals surface area contributed by atoms with Gasteiger partial charge in [0.1, 0.15) is 5.52 Å². The number of amides is 2. The second-order valence-electron chi connectivity index (χ2n) is 9.45. The van der Waals surface area contributed by atoms with E-state index in [0.29, 0.717) is 49.0 Å². The van der Waals surface area contributed by atoms with Crippen LogP contribution in [-0.2, 0) is 17.8 Å². The van der Waals surface area contributed by atoms with Crippen molar-refractivity contribution in [1.82, 2.24) is 15.2 Å². The smallest absolute Gasteiger partial charge is 0.253 e. The van der Waals surface area contributed by atoms with Crippen LogP contribution in [-0.4, -0.2) is 34.8 Å². The third-order valence-electron chi connectivity index (χ3n) is 6.95. The van der Waals surface area contributed by atoms with Crippen LogP contribution in [0.5, 0.6) is 0 Å². The van der Waals surface area contributed by atoms with Gasteiger partial charge in [0.05, 0.1) is 0 Å². The molecule has 184 valence electrons. The molecule has 0 bridgehead atoms. The van der Waals surface area contributed by atoms with Gasteiger partial charge in [-0.25, -0.2) is 4.98 Å². The van der Waals surface area contributed by atoms with Gasteiger partial charge in [-0.3, -0.25) is 9.59 Å². The maximum absolute atomic E-state index is 13.1. The molecule has 0 saturated carbocycles. The molecule has 4 aromatic rings. The molecule has 1 aliphatic heterocycles. The third kappa shape index (κ3) is 5.48. The Kier molecular flexibility index (Phi) is 7.12. The van der Waals surface area contributed by atoms with Gasteiger partial charge in [-0.05, 0) is 66.6 Å². The lowest BCUT2D eigenvalue weighted by atomic mass is 9.92. The highest BCUT2D eigenvalue weighted by Crippen LogP contribution is 2.26. The number of piperidine rings is 1. The van der Waals surface area contributed by atoms with E-state index < -0.39 is 0 Å². The minimum atomic E-state index is -0.00649. The van der Waals surface area contributed by atoms with E-state index in [1.807, 2.05) is 47.4 Å². The van der Waals surface area contributed by atoms with Crippen molar-refractivity contribution >= 4 is 22.9 Å². The summed E-state index contributed by atoms with van der Waals surface area (Å²) in [6.45, 7) is 3.99. The van der Waals surface area contributed by atoms with Crippen LogP contribution in [0.15, 0.2) is 77.2 Å². The number of oxazole rings is 1. The Morgan fingerprint density at radius 2 is 1.69 bits per heavy atom. The summed E-state index contributed by atoms with van der Waals surface area (Å²) in [7, 11) is 0. The van der Waals surface area contributed by atoms with Crippen molar-refractivity contribution in [2.45, 2.75) is 39.2 Å². The van der Waals surface area contributed by atoms with E-state index in [2.05, 4.69) is 41.5 Å². The molecule has 5 rings (SSSR count). The number of likely N-dealkylation sites (tertiary alicyclic amines) is 1. The van der Waals surface area contributed by atoms with E-state index >= 15 is 0 Å². The summed E-state index contributed by atoms with van der Waals surface area (Å²) >= 11 is 0. The molecule has 0 aliphatic carbocycles. The first-order valence-corrected chi connectivity index (χ1v) is 12.7. The maximum atomic E-state index is 13.1. The molecule has 2 amide bonds. The molecule has 36 heavy (non-hydrogen) atoms. The zero-order valence-corrected chi connectivity index (χ0v) is 20.6. The molecule has 0 radical (unpaired) electrons. The molecule has 2 heterocycles. The fraction of sp³-hybridized carbons (Fsp3) is 0.300. The predicted octanol–water partition coefficient (Wildman–Crippen LogP) is 5.62. The van der Waals surface area contributed by atoms with Crippen molar-refractivity contribution in [3.05, 3.63) is 89.5 Å². The van der Waals surface area contributed by atoms with E-state index in [-0.39, 0.29) is 11.8 Å². The molecule has 0 unspecified atom stereocenters. The summed E-state index contributed by atoms with van der Waals surface area (Å²) in [6, 6.07) is 23.5. The first-order valence-electron chi connectivity index (χ1n) is 12.7. The summed E-state index contributed by atoms with van der Waals surface area (Å²) in [4.78, 5) is 32.0. The lowest BCUT2D eigenvalue weighted by Gasteiger charge is -2.31. The van der Waals surface area contributed by atoms with Gasteiger partial charge in [0.2, 0.25) is 11.8 Å². The number of benzene rings is 3. The number of rotatable bonds is 7. The second-order valence-corrected chi connectivity index (χ2v) is 9.45. The van der Waals surface area contributed by atoms with Gasteiger partial charge in [0.25, 0.3) is 5.91 Å². The third-order valence-corrected chi connectivity index (χ3v) is 6.95. The van der Waals surface area contributed by atoms with Crippen LogP contribution < -0.4 is 5.32 Å². The van der Waals surface area contributed by atoms with Gasteiger partial charge in [-0.15, -0.1) is 0 Å². The summed E-state index contributed by atoms with van der Waals surface area (Å²) in [5, 5.41) is 3.04. The Morgan fingerprint density at radius 3 is 2.42 bits per heavy atom. The number of aromatic nitrogens is 1. The van der Waals surface area contributed by atoms with E-state index in [0.717, 1.165) is 35.9 Å². The van der Waals surface area contributed by atoms with Gasteiger partial charge in [0.15, 0.2) is 5.58 Å². The molecule has 0 atom stereocenters. The van der Waals surface area contributed by atoms with Gasteiger partial charge in [-0.2, -0.15) is 0 Å². The number of hydrogen-bond donors (Lipinski definition) is 1. The topological polar surface area (TPSA) is 75.4 Å². The second kappa shape index (κ2) is 10.8. The van der Waals surface area contributed by atoms with Gasteiger partial charge in [0, 0.05) is 37.2 Å². The van der Waals surface area contributed by atoms with Crippen LogP contribution in [0.1, 0.15) is 47.7 Å².